The molecule has 0 unspecified atom stereocenters. The zero-order valence-electron chi connectivity index (χ0n) is 20.3. The van der Waals surface area contributed by atoms with Gasteiger partial charge in [-0.1, -0.05) is 24.3 Å². The second-order valence-electron chi connectivity index (χ2n) is 8.98. The van der Waals surface area contributed by atoms with E-state index in [0.717, 1.165) is 44.6 Å². The third-order valence-corrected chi connectivity index (χ3v) is 7.61. The number of furan rings is 1. The maximum Gasteiger partial charge on any atom is 0.289 e. The molecule has 4 rings (SSSR count). The first-order valence-electron chi connectivity index (χ1n) is 11.9. The average Bonchev–Trinajstić information content (AvgIpc) is 3.43. The van der Waals surface area contributed by atoms with Crippen molar-refractivity contribution in [2.24, 2.45) is 5.92 Å². The van der Waals surface area contributed by atoms with E-state index in [0.29, 0.717) is 11.7 Å². The summed E-state index contributed by atoms with van der Waals surface area (Å²) in [7, 11) is 3.60. The zero-order valence-corrected chi connectivity index (χ0v) is 21.1. The predicted octanol–water partition coefficient (Wildman–Crippen LogP) is 5.61. The number of thioether (sulfide) groups is 1. The molecule has 1 aromatic heterocycles. The molecule has 1 amide bonds. The zero-order chi connectivity index (χ0) is 23.9. The van der Waals surface area contributed by atoms with Crippen molar-refractivity contribution in [3.8, 4) is 5.75 Å². The fourth-order valence-corrected chi connectivity index (χ4v) is 5.28. The van der Waals surface area contributed by atoms with Gasteiger partial charge in [-0.2, -0.15) is 0 Å². The molecule has 1 saturated heterocycles. The van der Waals surface area contributed by atoms with Crippen molar-refractivity contribution in [2.75, 3.05) is 33.5 Å². The minimum absolute atomic E-state index is 0.0609. The monoisotopic (exact) mass is 478 g/mol. The van der Waals surface area contributed by atoms with E-state index in [-0.39, 0.29) is 11.9 Å². The van der Waals surface area contributed by atoms with Crippen LogP contribution in [0.5, 0.6) is 5.75 Å². The quantitative estimate of drug-likeness (QED) is 0.374. The summed E-state index contributed by atoms with van der Waals surface area (Å²) in [6.07, 6.45) is 6.58. The van der Waals surface area contributed by atoms with Gasteiger partial charge in [0.15, 0.2) is 5.76 Å². The number of likely N-dealkylation sites (tertiary alicyclic amines) is 1. The summed E-state index contributed by atoms with van der Waals surface area (Å²) in [6, 6.07) is 20.6. The van der Waals surface area contributed by atoms with Crippen molar-refractivity contribution in [1.29, 1.82) is 0 Å². The van der Waals surface area contributed by atoms with Gasteiger partial charge in [0.25, 0.3) is 5.91 Å². The van der Waals surface area contributed by atoms with Crippen molar-refractivity contribution in [3.05, 3.63) is 83.8 Å². The minimum atomic E-state index is -0.0609. The van der Waals surface area contributed by atoms with E-state index in [1.54, 1.807) is 37.3 Å². The number of rotatable bonds is 9. The molecule has 0 saturated carbocycles. The predicted molar refractivity (Wildman–Crippen MR) is 138 cm³/mol. The largest absolute Gasteiger partial charge is 0.497 e. The third-order valence-electron chi connectivity index (χ3n) is 6.87. The number of benzene rings is 2. The molecule has 2 heterocycles. The second kappa shape index (κ2) is 11.6. The number of methoxy groups -OCH3 is 1. The number of hydrogen-bond donors (Lipinski definition) is 0. The highest BCUT2D eigenvalue weighted by Crippen LogP contribution is 2.29. The molecule has 0 bridgehead atoms. The molecule has 0 N–H and O–H groups in total. The molecular weight excluding hydrogens is 444 g/mol. The Balaban J connectivity index is 1.45. The fraction of sp³-hybridized carbons (Fsp3) is 0.393. The number of hydrogen-bond acceptors (Lipinski definition) is 5. The Morgan fingerprint density at radius 3 is 2.53 bits per heavy atom. The smallest absolute Gasteiger partial charge is 0.289 e. The summed E-state index contributed by atoms with van der Waals surface area (Å²) in [6.45, 7) is 3.04. The first kappa shape index (κ1) is 24.4. The Kier molecular flexibility index (Phi) is 8.35. The molecule has 0 spiro atoms. The number of amides is 1. The van der Waals surface area contributed by atoms with Gasteiger partial charge in [-0.3, -0.25) is 9.69 Å². The van der Waals surface area contributed by atoms with Gasteiger partial charge in [-0.15, -0.1) is 11.8 Å². The molecular formula is C28H34N2O3S. The molecule has 1 aliphatic heterocycles. The summed E-state index contributed by atoms with van der Waals surface area (Å²) in [4.78, 5) is 18.9. The maximum atomic E-state index is 13.2. The van der Waals surface area contributed by atoms with Crippen LogP contribution in [0, 0.1) is 5.92 Å². The van der Waals surface area contributed by atoms with Crippen LogP contribution in [-0.2, 0) is 13.0 Å². The number of carbonyl (C=O) groups excluding carboxylic acids is 1. The number of nitrogens with zero attached hydrogens (tertiary/aromatic N) is 2. The fourth-order valence-electron chi connectivity index (χ4n) is 4.87. The summed E-state index contributed by atoms with van der Waals surface area (Å²) >= 11 is 1.77. The summed E-state index contributed by atoms with van der Waals surface area (Å²) in [5, 5.41) is 0. The van der Waals surface area contributed by atoms with Crippen LogP contribution in [0.4, 0.5) is 0 Å². The van der Waals surface area contributed by atoms with Crippen LogP contribution in [0.2, 0.25) is 0 Å². The summed E-state index contributed by atoms with van der Waals surface area (Å²) in [5.74, 6) is 1.60. The van der Waals surface area contributed by atoms with E-state index in [9.17, 15) is 4.79 Å². The third kappa shape index (κ3) is 6.05. The Morgan fingerprint density at radius 2 is 1.88 bits per heavy atom. The van der Waals surface area contributed by atoms with Gasteiger partial charge in [-0.05, 0) is 92.1 Å². The molecule has 0 radical (unpaired) electrons. The minimum Gasteiger partial charge on any atom is -0.497 e. The van der Waals surface area contributed by atoms with E-state index in [2.05, 4.69) is 47.6 Å². The molecule has 6 heteroatoms. The number of ether oxygens (including phenoxy) is 1. The first-order valence-corrected chi connectivity index (χ1v) is 13.1. The lowest BCUT2D eigenvalue weighted by Crippen LogP contribution is -2.47. The van der Waals surface area contributed by atoms with Gasteiger partial charge in [0.2, 0.25) is 0 Å². The highest BCUT2D eigenvalue weighted by Gasteiger charge is 2.32. The molecule has 34 heavy (non-hydrogen) atoms. The van der Waals surface area contributed by atoms with Crippen LogP contribution >= 0.6 is 11.8 Å². The van der Waals surface area contributed by atoms with E-state index >= 15 is 0 Å². The molecule has 180 valence electrons. The highest BCUT2D eigenvalue weighted by atomic mass is 32.2. The molecule has 1 atom stereocenters. The summed E-state index contributed by atoms with van der Waals surface area (Å²) in [5.41, 5.74) is 2.54. The molecule has 0 aliphatic carbocycles. The van der Waals surface area contributed by atoms with Gasteiger partial charge in [0.1, 0.15) is 5.75 Å². The van der Waals surface area contributed by atoms with Crippen LogP contribution in [0.25, 0.3) is 0 Å². The lowest BCUT2D eigenvalue weighted by molar-refractivity contribution is 0.0556. The second-order valence-corrected chi connectivity index (χ2v) is 9.86. The van der Waals surface area contributed by atoms with Gasteiger partial charge >= 0.3 is 0 Å². The van der Waals surface area contributed by atoms with Crippen molar-refractivity contribution in [1.82, 2.24) is 9.80 Å². The topological polar surface area (TPSA) is 45.9 Å². The van der Waals surface area contributed by atoms with Crippen molar-refractivity contribution < 1.29 is 13.9 Å². The lowest BCUT2D eigenvalue weighted by Gasteiger charge is -2.40. The molecule has 3 aromatic rings. The van der Waals surface area contributed by atoms with Crippen LogP contribution in [0.1, 0.15) is 34.5 Å². The van der Waals surface area contributed by atoms with Gasteiger partial charge in [0, 0.05) is 24.5 Å². The lowest BCUT2D eigenvalue weighted by atomic mass is 9.84. The number of piperidine rings is 1. The molecule has 1 aliphatic rings. The Hall–Kier alpha value is -2.70. The van der Waals surface area contributed by atoms with E-state index in [1.165, 1.54) is 16.0 Å². The number of carbonyl (C=O) groups is 1. The van der Waals surface area contributed by atoms with Crippen LogP contribution in [0.3, 0.4) is 0 Å². The van der Waals surface area contributed by atoms with Crippen LogP contribution in [-0.4, -0.2) is 55.3 Å². The van der Waals surface area contributed by atoms with Gasteiger partial charge in [-0.25, -0.2) is 0 Å². The van der Waals surface area contributed by atoms with E-state index in [1.807, 2.05) is 24.1 Å². The highest BCUT2D eigenvalue weighted by molar-refractivity contribution is 7.98. The molecule has 5 nitrogen and oxygen atoms in total. The van der Waals surface area contributed by atoms with E-state index < -0.39 is 0 Å². The number of likely N-dealkylation sites (N-methyl/N-ethyl adjacent to an activating group) is 1. The maximum absolute atomic E-state index is 13.2. The Labute approximate surface area is 207 Å². The van der Waals surface area contributed by atoms with Crippen molar-refractivity contribution >= 4 is 17.7 Å². The van der Waals surface area contributed by atoms with Crippen LogP contribution in [0.15, 0.2) is 76.2 Å². The van der Waals surface area contributed by atoms with Crippen molar-refractivity contribution in [2.45, 2.75) is 36.7 Å². The Morgan fingerprint density at radius 1 is 1.12 bits per heavy atom. The molecule has 1 fully saturated rings. The average molecular weight is 479 g/mol. The standard InChI is InChI=1S/C28H34N2O3S/c1-29(28(31)27-8-5-17-33-27)26(19-22-6-4-7-24(18-22)32-2)23-13-15-30(16-14-23)20-21-9-11-25(34-3)12-10-21/h4-12,17-18,23,26H,13-16,19-20H2,1-3H3/t26-/m0/s1. The Bertz CT molecular complexity index is 1040. The molecule has 2 aromatic carbocycles. The summed E-state index contributed by atoms with van der Waals surface area (Å²) < 4.78 is 10.8. The van der Waals surface area contributed by atoms with E-state index in [4.69, 9.17) is 9.15 Å². The van der Waals surface area contributed by atoms with Crippen LogP contribution < -0.4 is 4.74 Å². The van der Waals surface area contributed by atoms with Crippen molar-refractivity contribution in [3.63, 3.8) is 0 Å². The normalized spacial score (nSPS) is 15.7. The van der Waals surface area contributed by atoms with Gasteiger partial charge in [0.05, 0.1) is 13.4 Å². The SMILES string of the molecule is COc1cccc(C[C@@H](C2CCN(Cc3ccc(SC)cc3)CC2)N(C)C(=O)c2ccco2)c1. The van der Waals surface area contributed by atoms with Gasteiger partial charge < -0.3 is 14.1 Å². The first-order chi connectivity index (χ1) is 16.6.